The van der Waals surface area contributed by atoms with E-state index >= 15 is 0 Å². The van der Waals surface area contributed by atoms with Crippen LogP contribution >= 0.6 is 0 Å². The van der Waals surface area contributed by atoms with Crippen molar-refractivity contribution in [3.8, 4) is 0 Å². The third kappa shape index (κ3) is 15.4. The summed E-state index contributed by atoms with van der Waals surface area (Å²) >= 11 is 0. The van der Waals surface area contributed by atoms with Crippen LogP contribution in [0.1, 0.15) is 122 Å². The number of carbonyl (C=O) groups excluding carboxylic acids is 2. The fourth-order valence-corrected chi connectivity index (χ4v) is 5.51. The molecule has 39 heavy (non-hydrogen) atoms. The summed E-state index contributed by atoms with van der Waals surface area (Å²) in [5.41, 5.74) is 0.493. The van der Waals surface area contributed by atoms with Crippen LogP contribution in [0.25, 0.3) is 0 Å². The number of ether oxygens (including phenoxy) is 1. The number of nitrogens with one attached hydrogen (secondary N) is 1. The zero-order chi connectivity index (χ0) is 29.2. The molecule has 1 aromatic carbocycles. The molecule has 1 rings (SSSR count). The molecule has 6 heteroatoms. The molecule has 0 heterocycles. The highest BCUT2D eigenvalue weighted by Crippen LogP contribution is 2.38. The van der Waals surface area contributed by atoms with Gasteiger partial charge in [0.2, 0.25) is 5.91 Å². The highest BCUT2D eigenvalue weighted by atomic mass is 28.4. The SMILES string of the molecule is CCCCCCCCCCCCC/C=C/[C@@H](O[Si](C)(C)C(C)(C)C)[C@H](COC(=O)c1ccccc1)NC(C)=O. The summed E-state index contributed by atoms with van der Waals surface area (Å²) in [6, 6.07) is 8.48. The molecule has 0 aliphatic carbocycles. The van der Waals surface area contributed by atoms with Crippen LogP contribution in [0.5, 0.6) is 0 Å². The first kappa shape index (κ1) is 35.1. The number of carbonyl (C=O) groups is 2. The van der Waals surface area contributed by atoms with Gasteiger partial charge in [0.25, 0.3) is 0 Å². The van der Waals surface area contributed by atoms with Crippen LogP contribution in [0.4, 0.5) is 0 Å². The zero-order valence-electron chi connectivity index (χ0n) is 26.0. The summed E-state index contributed by atoms with van der Waals surface area (Å²) in [5, 5.41) is 3.00. The molecule has 0 radical (unpaired) electrons. The van der Waals surface area contributed by atoms with Gasteiger partial charge in [-0.15, -0.1) is 0 Å². The Balaban J connectivity index is 2.69. The summed E-state index contributed by atoms with van der Waals surface area (Å²) in [6.45, 7) is 14.8. The molecule has 0 unspecified atom stereocenters. The molecule has 0 saturated carbocycles. The van der Waals surface area contributed by atoms with Crippen LogP contribution in [-0.2, 0) is 14.0 Å². The topological polar surface area (TPSA) is 64.6 Å². The van der Waals surface area contributed by atoms with E-state index in [0.29, 0.717) is 5.56 Å². The maximum Gasteiger partial charge on any atom is 0.338 e. The molecule has 1 N–H and O–H groups in total. The molecule has 0 bridgehead atoms. The van der Waals surface area contributed by atoms with E-state index in [1.165, 1.54) is 71.1 Å². The standard InChI is InChI=1S/C33H57NO4Si/c1-8-9-10-11-12-13-14-15-16-17-18-19-23-26-31(38-39(6,7)33(3,4)5)30(34-28(2)35)27-37-32(36)29-24-21-20-22-25-29/h20-26,30-31H,8-19,27H2,1-7H3,(H,34,35)/b26-23+/t30-,31+/m0/s1. The lowest BCUT2D eigenvalue weighted by molar-refractivity contribution is -0.120. The lowest BCUT2D eigenvalue weighted by Gasteiger charge is -2.40. The van der Waals surface area contributed by atoms with Gasteiger partial charge in [0.15, 0.2) is 8.32 Å². The van der Waals surface area contributed by atoms with Gasteiger partial charge in [0, 0.05) is 6.92 Å². The van der Waals surface area contributed by atoms with Crippen LogP contribution in [0.15, 0.2) is 42.5 Å². The minimum Gasteiger partial charge on any atom is -0.460 e. The minimum absolute atomic E-state index is 0.0105. The number of rotatable bonds is 20. The van der Waals surface area contributed by atoms with E-state index in [2.05, 4.69) is 58.3 Å². The molecule has 0 aliphatic rings. The van der Waals surface area contributed by atoms with Gasteiger partial charge in [-0.25, -0.2) is 4.79 Å². The quantitative estimate of drug-likeness (QED) is 0.0749. The Morgan fingerprint density at radius 2 is 1.44 bits per heavy atom. The van der Waals surface area contributed by atoms with E-state index in [-0.39, 0.29) is 23.7 Å². The fraction of sp³-hybridized carbons (Fsp3) is 0.697. The molecule has 2 atom stereocenters. The van der Waals surface area contributed by atoms with Crippen molar-refractivity contribution in [2.45, 2.75) is 142 Å². The predicted octanol–water partition coefficient (Wildman–Crippen LogP) is 9.00. The predicted molar refractivity (Wildman–Crippen MR) is 167 cm³/mol. The number of esters is 1. The average molecular weight is 560 g/mol. The lowest BCUT2D eigenvalue weighted by atomic mass is 10.0. The Kier molecular flexibility index (Phi) is 17.3. The first-order valence-electron chi connectivity index (χ1n) is 15.3. The normalized spacial score (nSPS) is 13.8. The number of amides is 1. The van der Waals surface area contributed by atoms with Crippen molar-refractivity contribution in [1.29, 1.82) is 0 Å². The van der Waals surface area contributed by atoms with Crippen LogP contribution in [0, 0.1) is 0 Å². The van der Waals surface area contributed by atoms with E-state index in [0.717, 1.165) is 12.8 Å². The van der Waals surface area contributed by atoms with Gasteiger partial charge in [-0.2, -0.15) is 0 Å². The second-order valence-corrected chi connectivity index (χ2v) is 17.1. The van der Waals surface area contributed by atoms with Gasteiger partial charge < -0.3 is 14.5 Å². The van der Waals surface area contributed by atoms with Gasteiger partial charge in [0.05, 0.1) is 17.7 Å². The summed E-state index contributed by atoms with van der Waals surface area (Å²) in [6.07, 6.45) is 19.4. The molecule has 5 nitrogen and oxygen atoms in total. The van der Waals surface area contributed by atoms with E-state index < -0.39 is 20.3 Å². The second kappa shape index (κ2) is 19.2. The number of unbranched alkanes of at least 4 members (excludes halogenated alkanes) is 11. The highest BCUT2D eigenvalue weighted by molar-refractivity contribution is 6.74. The Bertz CT molecular complexity index is 832. The first-order valence-corrected chi connectivity index (χ1v) is 18.2. The summed E-state index contributed by atoms with van der Waals surface area (Å²) in [7, 11) is -2.15. The van der Waals surface area contributed by atoms with Crippen LogP contribution in [0.2, 0.25) is 18.1 Å². The van der Waals surface area contributed by atoms with Crippen molar-refractivity contribution < 1.29 is 18.8 Å². The van der Waals surface area contributed by atoms with E-state index in [4.69, 9.17) is 9.16 Å². The van der Waals surface area contributed by atoms with Gasteiger partial charge in [-0.05, 0) is 43.1 Å². The maximum atomic E-state index is 12.6. The Morgan fingerprint density at radius 3 is 1.95 bits per heavy atom. The molecular weight excluding hydrogens is 502 g/mol. The third-order valence-corrected chi connectivity index (χ3v) is 12.2. The number of benzene rings is 1. The molecule has 0 aromatic heterocycles. The number of hydrogen-bond donors (Lipinski definition) is 1. The Morgan fingerprint density at radius 1 is 0.897 bits per heavy atom. The van der Waals surface area contributed by atoms with Crippen LogP contribution in [0.3, 0.4) is 0 Å². The number of allylic oxidation sites excluding steroid dienone is 1. The van der Waals surface area contributed by atoms with Crippen molar-refractivity contribution in [3.05, 3.63) is 48.0 Å². The highest BCUT2D eigenvalue weighted by Gasteiger charge is 2.40. The van der Waals surface area contributed by atoms with Crippen molar-refractivity contribution in [2.75, 3.05) is 6.61 Å². The Labute approximate surface area is 240 Å². The fourth-order valence-electron chi connectivity index (χ4n) is 4.23. The maximum absolute atomic E-state index is 12.6. The van der Waals surface area contributed by atoms with Crippen molar-refractivity contribution in [3.63, 3.8) is 0 Å². The van der Waals surface area contributed by atoms with Crippen LogP contribution in [-0.4, -0.2) is 38.9 Å². The smallest absolute Gasteiger partial charge is 0.338 e. The lowest BCUT2D eigenvalue weighted by Crippen LogP contribution is -2.52. The van der Waals surface area contributed by atoms with Crippen molar-refractivity contribution in [2.24, 2.45) is 0 Å². The van der Waals surface area contributed by atoms with Gasteiger partial charge in [-0.1, -0.05) is 122 Å². The summed E-state index contributed by atoms with van der Waals surface area (Å²) < 4.78 is 12.4. The average Bonchev–Trinajstić information content (AvgIpc) is 2.88. The van der Waals surface area contributed by atoms with E-state index in [9.17, 15) is 9.59 Å². The largest absolute Gasteiger partial charge is 0.460 e. The van der Waals surface area contributed by atoms with E-state index in [1.807, 2.05) is 18.2 Å². The van der Waals surface area contributed by atoms with Gasteiger partial charge >= 0.3 is 5.97 Å². The molecule has 0 fully saturated rings. The van der Waals surface area contributed by atoms with Crippen LogP contribution < -0.4 is 5.32 Å². The summed E-state index contributed by atoms with van der Waals surface area (Å²) in [5.74, 6) is -0.569. The zero-order valence-corrected chi connectivity index (χ0v) is 27.0. The Hall–Kier alpha value is -1.92. The molecule has 222 valence electrons. The van der Waals surface area contributed by atoms with E-state index in [1.54, 1.807) is 12.1 Å². The molecule has 0 spiro atoms. The molecule has 1 aromatic rings. The van der Waals surface area contributed by atoms with Gasteiger partial charge in [-0.3, -0.25) is 4.79 Å². The second-order valence-electron chi connectivity index (χ2n) is 12.4. The minimum atomic E-state index is -2.15. The monoisotopic (exact) mass is 559 g/mol. The van der Waals surface area contributed by atoms with Gasteiger partial charge in [0.1, 0.15) is 6.61 Å². The third-order valence-electron chi connectivity index (χ3n) is 7.73. The molecular formula is C33H57NO4Si. The molecule has 1 amide bonds. The van der Waals surface area contributed by atoms with Crippen molar-refractivity contribution in [1.82, 2.24) is 5.32 Å². The summed E-state index contributed by atoms with van der Waals surface area (Å²) in [4.78, 5) is 24.7. The first-order chi connectivity index (χ1) is 18.5. The van der Waals surface area contributed by atoms with Crippen molar-refractivity contribution >= 4 is 20.2 Å². The molecule has 0 saturated heterocycles. The molecule has 0 aliphatic heterocycles. The number of hydrogen-bond acceptors (Lipinski definition) is 4.